The summed E-state index contributed by atoms with van der Waals surface area (Å²) < 4.78 is 0. The molecule has 0 aromatic heterocycles. The molecule has 0 aliphatic rings. The third kappa shape index (κ3) is 23.9. The molecule has 0 spiro atoms. The molecule has 0 fully saturated rings. The largest absolute Gasteiger partial charge is 0.396 e. The van der Waals surface area contributed by atoms with Crippen molar-refractivity contribution in [1.82, 2.24) is 0 Å². The van der Waals surface area contributed by atoms with Gasteiger partial charge >= 0.3 is 0 Å². The Labute approximate surface area is 251 Å². The van der Waals surface area contributed by atoms with E-state index in [2.05, 4.69) is 6.92 Å². The first kappa shape index (κ1) is 41.5. The van der Waals surface area contributed by atoms with Crippen molar-refractivity contribution in [1.29, 1.82) is 0 Å². The van der Waals surface area contributed by atoms with Crippen LogP contribution in [-0.2, 0) is 0 Å². The van der Waals surface area contributed by atoms with Gasteiger partial charge in [0.1, 0.15) is 0 Å². The van der Waals surface area contributed by atoms with E-state index in [1.807, 2.05) is 0 Å². The highest BCUT2D eigenvalue weighted by Gasteiger charge is 2.24. The van der Waals surface area contributed by atoms with Crippen molar-refractivity contribution >= 4 is 0 Å². The van der Waals surface area contributed by atoms with E-state index in [1.54, 1.807) is 0 Å². The average Bonchev–Trinajstić information content (AvgIpc) is 2.82. The second-order valence-corrected chi connectivity index (χ2v) is 12.3. The van der Waals surface area contributed by atoms with E-state index in [0.717, 1.165) is 32.1 Å². The van der Waals surface area contributed by atoms with Gasteiger partial charge in [-0.3, -0.25) is 0 Å². The minimum atomic E-state index is -1.13. The van der Waals surface area contributed by atoms with Crippen molar-refractivity contribution in [2.45, 2.75) is 183 Å². The average molecular weight is 615 g/mol. The van der Waals surface area contributed by atoms with Crippen molar-refractivity contribution < 1.29 is 61.3 Å². The smallest absolute Gasteiger partial charge is 0.0589 e. The molecule has 0 amide bonds. The Hall–Kier alpha value is -0.480. The molecule has 0 aliphatic carbocycles. The zero-order chi connectivity index (χ0) is 32.1. The third-order valence-electron chi connectivity index (χ3n) is 7.54. The maximum absolute atomic E-state index is 10.2. The zero-order valence-corrected chi connectivity index (χ0v) is 25.4. The molecular weight excluding hydrogens is 552 g/mol. The maximum Gasteiger partial charge on any atom is 0.0589 e. The minimum Gasteiger partial charge on any atom is -0.396 e. The van der Waals surface area contributed by atoms with Crippen molar-refractivity contribution in [2.75, 3.05) is 6.61 Å². The van der Waals surface area contributed by atoms with E-state index in [0.29, 0.717) is 6.42 Å². The van der Waals surface area contributed by atoms with Crippen LogP contribution in [-0.4, -0.2) is 135 Å². The number of hydrogen-bond acceptors (Lipinski definition) is 12. The van der Waals surface area contributed by atoms with Gasteiger partial charge in [0.2, 0.25) is 0 Å². The summed E-state index contributed by atoms with van der Waals surface area (Å²) in [5.41, 5.74) is 0. The molecule has 0 rings (SSSR count). The zero-order valence-electron chi connectivity index (χ0n) is 25.4. The molecule has 0 aromatic rings. The molecule has 0 saturated heterocycles. The van der Waals surface area contributed by atoms with Crippen LogP contribution < -0.4 is 0 Å². The Morgan fingerprint density at radius 2 is 0.548 bits per heavy atom. The van der Waals surface area contributed by atoms with E-state index in [9.17, 15) is 56.2 Å². The second kappa shape index (κ2) is 24.8. The van der Waals surface area contributed by atoms with Gasteiger partial charge in [-0.2, -0.15) is 0 Å². The normalized spacial score (nSPS) is 20.2. The lowest BCUT2D eigenvalue weighted by Gasteiger charge is -2.24. The Bertz CT molecular complexity index is 615. The summed E-state index contributed by atoms with van der Waals surface area (Å²) in [6, 6.07) is 0. The van der Waals surface area contributed by atoms with Crippen LogP contribution in [0.1, 0.15) is 116 Å². The highest BCUT2D eigenvalue weighted by Crippen LogP contribution is 2.19. The molecule has 0 heterocycles. The standard InChI is InChI=1S/C30H62O12/c1-2-3-4-5-6-7-20(32)10-22(34)12-24(36)14-26(38)16-28(40)18-30(42)19-29(41)17-27(39)15-25(37)13-23(35)11-21(33)8-9-31/h20-42H,2-19H2,1H3. The molecule has 11 atom stereocenters. The monoisotopic (exact) mass is 614 g/mol. The first-order chi connectivity index (χ1) is 19.7. The highest BCUT2D eigenvalue weighted by molar-refractivity contribution is 4.77. The predicted molar refractivity (Wildman–Crippen MR) is 157 cm³/mol. The molecular formula is C30H62O12. The fourth-order valence-electron chi connectivity index (χ4n) is 5.37. The van der Waals surface area contributed by atoms with E-state index >= 15 is 0 Å². The molecule has 254 valence electrons. The summed E-state index contributed by atoms with van der Waals surface area (Å²) >= 11 is 0. The molecule has 0 aromatic carbocycles. The van der Waals surface area contributed by atoms with Gasteiger partial charge in [0.25, 0.3) is 0 Å². The van der Waals surface area contributed by atoms with Crippen LogP contribution in [0, 0.1) is 0 Å². The summed E-state index contributed by atoms with van der Waals surface area (Å²) in [5.74, 6) is 0. The molecule has 12 nitrogen and oxygen atoms in total. The van der Waals surface area contributed by atoms with Gasteiger partial charge in [-0.1, -0.05) is 39.0 Å². The van der Waals surface area contributed by atoms with Crippen molar-refractivity contribution in [3.05, 3.63) is 0 Å². The lowest BCUT2D eigenvalue weighted by atomic mass is 9.94. The Morgan fingerprint density at radius 3 is 0.810 bits per heavy atom. The fraction of sp³-hybridized carbons (Fsp3) is 1.00. The fourth-order valence-corrected chi connectivity index (χ4v) is 5.37. The van der Waals surface area contributed by atoms with Crippen LogP contribution in [0.15, 0.2) is 0 Å². The van der Waals surface area contributed by atoms with Crippen LogP contribution in [0.4, 0.5) is 0 Å². The van der Waals surface area contributed by atoms with Gasteiger partial charge < -0.3 is 61.3 Å². The minimum absolute atomic E-state index is 0.0173. The molecule has 0 radical (unpaired) electrons. The Balaban J connectivity index is 4.21. The second-order valence-electron chi connectivity index (χ2n) is 12.3. The topological polar surface area (TPSA) is 243 Å². The first-order valence-corrected chi connectivity index (χ1v) is 15.8. The molecule has 12 N–H and O–H groups in total. The maximum atomic E-state index is 10.2. The first-order valence-electron chi connectivity index (χ1n) is 15.8. The predicted octanol–water partition coefficient (Wildman–Crippen LogP) is -0.400. The number of aliphatic hydroxyl groups is 12. The lowest BCUT2D eigenvalue weighted by molar-refractivity contribution is -0.0146. The van der Waals surface area contributed by atoms with Crippen LogP contribution in [0.3, 0.4) is 0 Å². The molecule has 42 heavy (non-hydrogen) atoms. The van der Waals surface area contributed by atoms with E-state index in [1.165, 1.54) is 0 Å². The van der Waals surface area contributed by atoms with E-state index in [-0.39, 0.29) is 77.2 Å². The third-order valence-corrected chi connectivity index (χ3v) is 7.54. The van der Waals surface area contributed by atoms with Crippen LogP contribution >= 0.6 is 0 Å². The van der Waals surface area contributed by atoms with Crippen molar-refractivity contribution in [3.63, 3.8) is 0 Å². The number of hydrogen-bond donors (Lipinski definition) is 12. The number of rotatable bonds is 28. The van der Waals surface area contributed by atoms with Gasteiger partial charge in [-0.15, -0.1) is 0 Å². The van der Waals surface area contributed by atoms with Crippen molar-refractivity contribution in [2.24, 2.45) is 0 Å². The van der Waals surface area contributed by atoms with E-state index < -0.39 is 67.1 Å². The van der Waals surface area contributed by atoms with Crippen LogP contribution in [0.25, 0.3) is 0 Å². The number of unbranched alkanes of at least 4 members (excludes halogenated alkanes) is 4. The summed E-state index contributed by atoms with van der Waals surface area (Å²) in [6.45, 7) is 1.90. The Morgan fingerprint density at radius 1 is 0.310 bits per heavy atom. The molecule has 0 bridgehead atoms. The van der Waals surface area contributed by atoms with Gasteiger partial charge in [0.15, 0.2) is 0 Å². The van der Waals surface area contributed by atoms with E-state index in [4.69, 9.17) is 5.11 Å². The van der Waals surface area contributed by atoms with Crippen LogP contribution in [0.2, 0.25) is 0 Å². The highest BCUT2D eigenvalue weighted by atomic mass is 16.3. The Kier molecular flexibility index (Phi) is 24.5. The summed E-state index contributed by atoms with van der Waals surface area (Å²) in [4.78, 5) is 0. The van der Waals surface area contributed by atoms with Gasteiger partial charge in [-0.25, -0.2) is 0 Å². The lowest BCUT2D eigenvalue weighted by Crippen LogP contribution is -2.31. The summed E-state index contributed by atoms with van der Waals surface area (Å²) in [5, 5.41) is 120. The summed E-state index contributed by atoms with van der Waals surface area (Å²) in [7, 11) is 0. The molecule has 0 saturated carbocycles. The number of aliphatic hydroxyl groups excluding tert-OH is 12. The van der Waals surface area contributed by atoms with Gasteiger partial charge in [0.05, 0.1) is 67.1 Å². The quantitative estimate of drug-likeness (QED) is 0.0504. The molecule has 11 unspecified atom stereocenters. The van der Waals surface area contributed by atoms with Crippen LogP contribution in [0.5, 0.6) is 0 Å². The summed E-state index contributed by atoms with van der Waals surface area (Å²) in [6.07, 6.45) is -6.02. The van der Waals surface area contributed by atoms with Gasteiger partial charge in [-0.05, 0) is 77.0 Å². The van der Waals surface area contributed by atoms with Gasteiger partial charge in [0, 0.05) is 6.61 Å². The SMILES string of the molecule is CCCCCCCC(O)CC(O)CC(O)CC(O)CC(O)CC(O)CC(O)CC(O)CC(O)CC(O)CC(O)CCO. The van der Waals surface area contributed by atoms with Crippen molar-refractivity contribution in [3.8, 4) is 0 Å². The molecule has 0 aliphatic heterocycles. The molecule has 12 heteroatoms.